The number of hydrogen-bond donors (Lipinski definition) is 1. The fraction of sp³-hybridized carbons (Fsp3) is 0.438. The number of aromatic nitrogens is 1. The van der Waals surface area contributed by atoms with E-state index in [2.05, 4.69) is 49.7 Å². The Labute approximate surface area is 130 Å². The van der Waals surface area contributed by atoms with Gasteiger partial charge in [-0.15, -0.1) is 11.3 Å². The third-order valence-electron chi connectivity index (χ3n) is 3.87. The summed E-state index contributed by atoms with van der Waals surface area (Å²) in [5.74, 6) is 0. The molecule has 112 valence electrons. The number of benzene rings is 1. The molecule has 21 heavy (non-hydrogen) atoms. The number of nitrogens with zero attached hydrogens (tertiary/aromatic N) is 3. The minimum Gasteiger partial charge on any atom is -0.346 e. The molecule has 0 spiro atoms. The number of rotatable bonds is 5. The molecule has 1 fully saturated rings. The van der Waals surface area contributed by atoms with E-state index in [0.717, 1.165) is 44.4 Å². The highest BCUT2D eigenvalue weighted by atomic mass is 32.1. The number of anilines is 1. The predicted octanol–water partition coefficient (Wildman–Crippen LogP) is 2.18. The van der Waals surface area contributed by atoms with Crippen molar-refractivity contribution in [2.75, 3.05) is 38.1 Å². The summed E-state index contributed by atoms with van der Waals surface area (Å²) in [7, 11) is 1.98. The largest absolute Gasteiger partial charge is 0.346 e. The van der Waals surface area contributed by atoms with Crippen LogP contribution in [0.15, 0.2) is 35.8 Å². The molecule has 1 aliphatic heterocycles. The van der Waals surface area contributed by atoms with Gasteiger partial charge in [-0.05, 0) is 18.2 Å². The van der Waals surface area contributed by atoms with Gasteiger partial charge in [-0.2, -0.15) is 0 Å². The lowest BCUT2D eigenvalue weighted by Crippen LogP contribution is -2.45. The minimum absolute atomic E-state index is 0.937. The van der Waals surface area contributed by atoms with Crippen LogP contribution in [0.5, 0.6) is 0 Å². The monoisotopic (exact) mass is 302 g/mol. The second-order valence-corrected chi connectivity index (χ2v) is 6.30. The first kappa shape index (κ1) is 14.5. The average Bonchev–Trinajstić information content (AvgIpc) is 3.05. The molecule has 0 saturated carbocycles. The maximum atomic E-state index is 4.40. The SMILES string of the molecule is CNCc1ccc(CN2CCN(c3nccs3)CC2)cc1. The van der Waals surface area contributed by atoms with E-state index in [9.17, 15) is 0 Å². The van der Waals surface area contributed by atoms with Crippen molar-refractivity contribution in [3.63, 3.8) is 0 Å². The van der Waals surface area contributed by atoms with Gasteiger partial charge >= 0.3 is 0 Å². The lowest BCUT2D eigenvalue weighted by molar-refractivity contribution is 0.250. The molecular formula is C16H22N4S. The quantitative estimate of drug-likeness (QED) is 0.917. The Morgan fingerprint density at radius 2 is 1.81 bits per heavy atom. The van der Waals surface area contributed by atoms with Crippen LogP contribution in [-0.4, -0.2) is 43.1 Å². The molecular weight excluding hydrogens is 280 g/mol. The Kier molecular flexibility index (Phi) is 4.85. The Hall–Kier alpha value is -1.43. The zero-order valence-corrected chi connectivity index (χ0v) is 13.3. The summed E-state index contributed by atoms with van der Waals surface area (Å²) in [5.41, 5.74) is 2.74. The molecule has 0 unspecified atom stereocenters. The first-order valence-electron chi connectivity index (χ1n) is 7.44. The lowest BCUT2D eigenvalue weighted by atomic mass is 10.1. The molecule has 0 bridgehead atoms. The number of piperazine rings is 1. The Morgan fingerprint density at radius 3 is 2.43 bits per heavy atom. The molecule has 0 amide bonds. The second kappa shape index (κ2) is 7.02. The zero-order chi connectivity index (χ0) is 14.5. The van der Waals surface area contributed by atoms with E-state index in [0.29, 0.717) is 0 Å². The van der Waals surface area contributed by atoms with Gasteiger partial charge in [-0.25, -0.2) is 4.98 Å². The minimum atomic E-state index is 0.937. The highest BCUT2D eigenvalue weighted by Crippen LogP contribution is 2.19. The van der Waals surface area contributed by atoms with Crippen molar-refractivity contribution in [2.45, 2.75) is 13.1 Å². The van der Waals surface area contributed by atoms with Gasteiger partial charge in [0.1, 0.15) is 0 Å². The van der Waals surface area contributed by atoms with Crippen LogP contribution in [-0.2, 0) is 13.1 Å². The van der Waals surface area contributed by atoms with Crippen molar-refractivity contribution in [1.82, 2.24) is 15.2 Å². The summed E-state index contributed by atoms with van der Waals surface area (Å²) in [5, 5.41) is 6.39. The summed E-state index contributed by atoms with van der Waals surface area (Å²) >= 11 is 1.73. The van der Waals surface area contributed by atoms with Crippen LogP contribution in [0.1, 0.15) is 11.1 Å². The number of hydrogen-bond acceptors (Lipinski definition) is 5. The van der Waals surface area contributed by atoms with Crippen LogP contribution in [0.25, 0.3) is 0 Å². The normalized spacial score (nSPS) is 16.3. The zero-order valence-electron chi connectivity index (χ0n) is 12.5. The van der Waals surface area contributed by atoms with Gasteiger partial charge in [0, 0.05) is 50.8 Å². The van der Waals surface area contributed by atoms with Crippen molar-refractivity contribution in [2.24, 2.45) is 0 Å². The number of thiazole rings is 1. The third kappa shape index (κ3) is 3.81. The van der Waals surface area contributed by atoms with Gasteiger partial charge in [0.05, 0.1) is 0 Å². The molecule has 1 aliphatic rings. The topological polar surface area (TPSA) is 31.4 Å². The van der Waals surface area contributed by atoms with Gasteiger partial charge in [-0.3, -0.25) is 4.90 Å². The van der Waals surface area contributed by atoms with E-state index in [1.165, 1.54) is 11.1 Å². The van der Waals surface area contributed by atoms with E-state index < -0.39 is 0 Å². The Bertz CT molecular complexity index is 530. The molecule has 0 aliphatic carbocycles. The van der Waals surface area contributed by atoms with Gasteiger partial charge in [0.2, 0.25) is 0 Å². The van der Waals surface area contributed by atoms with Crippen molar-refractivity contribution in [3.05, 3.63) is 47.0 Å². The smallest absolute Gasteiger partial charge is 0.185 e. The summed E-state index contributed by atoms with van der Waals surface area (Å²) < 4.78 is 0. The van der Waals surface area contributed by atoms with Crippen LogP contribution in [0, 0.1) is 0 Å². The maximum Gasteiger partial charge on any atom is 0.185 e. The van der Waals surface area contributed by atoms with Gasteiger partial charge in [0.15, 0.2) is 5.13 Å². The molecule has 3 rings (SSSR count). The van der Waals surface area contributed by atoms with E-state index >= 15 is 0 Å². The van der Waals surface area contributed by atoms with Crippen molar-refractivity contribution < 1.29 is 0 Å². The molecule has 0 atom stereocenters. The van der Waals surface area contributed by atoms with E-state index in [-0.39, 0.29) is 0 Å². The predicted molar refractivity (Wildman–Crippen MR) is 88.8 cm³/mol. The maximum absolute atomic E-state index is 4.40. The summed E-state index contributed by atoms with van der Waals surface area (Å²) in [6.07, 6.45) is 1.89. The van der Waals surface area contributed by atoms with E-state index in [1.54, 1.807) is 11.3 Å². The first-order chi connectivity index (χ1) is 10.3. The van der Waals surface area contributed by atoms with Gasteiger partial charge in [0.25, 0.3) is 0 Å². The molecule has 5 heteroatoms. The Balaban J connectivity index is 1.51. The molecule has 0 radical (unpaired) electrons. The second-order valence-electron chi connectivity index (χ2n) is 5.42. The van der Waals surface area contributed by atoms with E-state index in [1.807, 2.05) is 13.2 Å². The van der Waals surface area contributed by atoms with Gasteiger partial charge in [-0.1, -0.05) is 24.3 Å². The van der Waals surface area contributed by atoms with Crippen LogP contribution in [0.4, 0.5) is 5.13 Å². The van der Waals surface area contributed by atoms with Crippen LogP contribution < -0.4 is 10.2 Å². The average molecular weight is 302 g/mol. The van der Waals surface area contributed by atoms with Crippen LogP contribution >= 0.6 is 11.3 Å². The fourth-order valence-electron chi connectivity index (χ4n) is 2.69. The lowest BCUT2D eigenvalue weighted by Gasteiger charge is -2.34. The van der Waals surface area contributed by atoms with Crippen molar-refractivity contribution >= 4 is 16.5 Å². The highest BCUT2D eigenvalue weighted by Gasteiger charge is 2.18. The third-order valence-corrected chi connectivity index (χ3v) is 4.70. The van der Waals surface area contributed by atoms with E-state index in [4.69, 9.17) is 0 Å². The number of nitrogens with one attached hydrogen (secondary N) is 1. The standard InChI is InChI=1S/C16H22N4S/c1-17-12-14-2-4-15(5-3-14)13-19-7-9-20(10-8-19)16-18-6-11-21-16/h2-6,11,17H,7-10,12-13H2,1H3. The molecule has 2 aromatic rings. The van der Waals surface area contributed by atoms with Gasteiger partial charge < -0.3 is 10.2 Å². The molecule has 1 aromatic carbocycles. The summed E-state index contributed by atoms with van der Waals surface area (Å²) in [6.45, 7) is 6.35. The molecule has 1 saturated heterocycles. The Morgan fingerprint density at radius 1 is 1.10 bits per heavy atom. The highest BCUT2D eigenvalue weighted by molar-refractivity contribution is 7.13. The van der Waals surface area contributed by atoms with Crippen molar-refractivity contribution in [1.29, 1.82) is 0 Å². The fourth-order valence-corrected chi connectivity index (χ4v) is 3.39. The molecule has 4 nitrogen and oxygen atoms in total. The molecule has 2 heterocycles. The summed E-state index contributed by atoms with van der Waals surface area (Å²) in [6, 6.07) is 8.94. The summed E-state index contributed by atoms with van der Waals surface area (Å²) in [4.78, 5) is 9.31. The molecule has 1 aromatic heterocycles. The van der Waals surface area contributed by atoms with Crippen LogP contribution in [0.2, 0.25) is 0 Å². The van der Waals surface area contributed by atoms with Crippen LogP contribution in [0.3, 0.4) is 0 Å². The first-order valence-corrected chi connectivity index (χ1v) is 8.32. The van der Waals surface area contributed by atoms with Crippen molar-refractivity contribution in [3.8, 4) is 0 Å². The molecule has 1 N–H and O–H groups in total.